The molecule has 1 saturated heterocycles. The molecule has 1 unspecified atom stereocenters. The maximum absolute atomic E-state index is 12.4. The van der Waals surface area contributed by atoms with Gasteiger partial charge in [-0.1, -0.05) is 5.16 Å². The molecule has 96 valence electrons. The maximum Gasteiger partial charge on any atom is 0.248 e. The molecule has 0 radical (unpaired) electrons. The summed E-state index contributed by atoms with van der Waals surface area (Å²) < 4.78 is 36.2. The Balaban J connectivity index is 2.32. The molecule has 0 aliphatic carbocycles. The van der Waals surface area contributed by atoms with Gasteiger partial charge in [-0.3, -0.25) is 0 Å². The summed E-state index contributed by atoms with van der Waals surface area (Å²) in [6.45, 7) is 4.11. The standard InChI is InChI=1S/C10H16N2O4S/c1-7-10(8(2)16-11-7)17(13,14)12-5-4-9(6-12)15-3/h9H,4-6H2,1-3H3. The van der Waals surface area contributed by atoms with Gasteiger partial charge < -0.3 is 9.26 Å². The van der Waals surface area contributed by atoms with Crippen LogP contribution in [0.15, 0.2) is 9.42 Å². The largest absolute Gasteiger partial charge is 0.380 e. The summed E-state index contributed by atoms with van der Waals surface area (Å²) in [6.07, 6.45) is 0.698. The van der Waals surface area contributed by atoms with E-state index in [-0.39, 0.29) is 11.0 Å². The molecule has 0 spiro atoms. The lowest BCUT2D eigenvalue weighted by Gasteiger charge is -2.15. The number of ether oxygens (including phenoxy) is 1. The van der Waals surface area contributed by atoms with Crippen molar-refractivity contribution in [2.75, 3.05) is 20.2 Å². The molecule has 1 aliphatic rings. The second-order valence-corrected chi connectivity index (χ2v) is 6.04. The first-order chi connectivity index (χ1) is 7.96. The molecule has 2 rings (SSSR count). The van der Waals surface area contributed by atoms with Gasteiger partial charge in [-0.05, 0) is 20.3 Å². The van der Waals surface area contributed by atoms with Gasteiger partial charge >= 0.3 is 0 Å². The van der Waals surface area contributed by atoms with Gasteiger partial charge in [0.05, 0.1) is 6.10 Å². The molecule has 0 saturated carbocycles. The highest BCUT2D eigenvalue weighted by Gasteiger charge is 2.36. The van der Waals surface area contributed by atoms with E-state index in [1.165, 1.54) is 4.31 Å². The topological polar surface area (TPSA) is 72.6 Å². The fourth-order valence-electron chi connectivity index (χ4n) is 2.08. The number of hydrogen-bond acceptors (Lipinski definition) is 5. The van der Waals surface area contributed by atoms with E-state index in [2.05, 4.69) is 5.16 Å². The summed E-state index contributed by atoms with van der Waals surface area (Å²) in [5.41, 5.74) is 0.406. The van der Waals surface area contributed by atoms with Gasteiger partial charge in [0.25, 0.3) is 0 Å². The Hall–Kier alpha value is -0.920. The average molecular weight is 260 g/mol. The molecular weight excluding hydrogens is 244 g/mol. The van der Waals surface area contributed by atoms with Crippen LogP contribution in [0.5, 0.6) is 0 Å². The Kier molecular flexibility index (Phi) is 3.24. The zero-order valence-corrected chi connectivity index (χ0v) is 11.0. The maximum atomic E-state index is 12.4. The molecule has 0 N–H and O–H groups in total. The molecule has 0 bridgehead atoms. The van der Waals surface area contributed by atoms with E-state index < -0.39 is 10.0 Å². The van der Waals surface area contributed by atoms with E-state index in [1.807, 2.05) is 0 Å². The third-order valence-corrected chi connectivity index (χ3v) is 5.12. The summed E-state index contributed by atoms with van der Waals surface area (Å²) in [6, 6.07) is 0. The quantitative estimate of drug-likeness (QED) is 0.800. The highest BCUT2D eigenvalue weighted by atomic mass is 32.2. The number of nitrogens with zero attached hydrogens (tertiary/aromatic N) is 2. The first-order valence-corrected chi connectivity index (χ1v) is 6.86. The van der Waals surface area contributed by atoms with Crippen LogP contribution in [-0.2, 0) is 14.8 Å². The van der Waals surface area contributed by atoms with Crippen LogP contribution in [0.3, 0.4) is 0 Å². The lowest BCUT2D eigenvalue weighted by atomic mass is 10.3. The van der Waals surface area contributed by atoms with Crippen molar-refractivity contribution in [3.05, 3.63) is 11.5 Å². The van der Waals surface area contributed by atoms with Crippen LogP contribution in [0, 0.1) is 13.8 Å². The van der Waals surface area contributed by atoms with Crippen LogP contribution >= 0.6 is 0 Å². The Morgan fingerprint density at radius 3 is 2.65 bits per heavy atom. The lowest BCUT2D eigenvalue weighted by Crippen LogP contribution is -2.30. The van der Waals surface area contributed by atoms with Crippen molar-refractivity contribution in [3.8, 4) is 0 Å². The number of methoxy groups -OCH3 is 1. The van der Waals surface area contributed by atoms with Crippen molar-refractivity contribution >= 4 is 10.0 Å². The third kappa shape index (κ3) is 2.10. The highest BCUT2D eigenvalue weighted by molar-refractivity contribution is 7.89. The number of rotatable bonds is 3. The van der Waals surface area contributed by atoms with Gasteiger partial charge in [0.15, 0.2) is 5.76 Å². The van der Waals surface area contributed by atoms with Crippen LogP contribution in [0.2, 0.25) is 0 Å². The van der Waals surface area contributed by atoms with Crippen LogP contribution in [-0.4, -0.2) is 44.2 Å². The minimum absolute atomic E-state index is 0.0229. The van der Waals surface area contributed by atoms with E-state index in [0.29, 0.717) is 24.5 Å². The van der Waals surface area contributed by atoms with E-state index in [1.54, 1.807) is 21.0 Å². The monoisotopic (exact) mass is 260 g/mol. The van der Waals surface area contributed by atoms with Gasteiger partial charge in [-0.25, -0.2) is 8.42 Å². The van der Waals surface area contributed by atoms with E-state index in [4.69, 9.17) is 9.26 Å². The lowest BCUT2D eigenvalue weighted by molar-refractivity contribution is 0.115. The molecule has 1 atom stereocenters. The minimum Gasteiger partial charge on any atom is -0.380 e. The van der Waals surface area contributed by atoms with Gasteiger partial charge in [-0.2, -0.15) is 4.31 Å². The SMILES string of the molecule is COC1CCN(S(=O)(=O)c2c(C)noc2C)C1. The molecule has 0 aromatic carbocycles. The number of hydrogen-bond donors (Lipinski definition) is 0. The van der Waals surface area contributed by atoms with E-state index >= 15 is 0 Å². The normalized spacial score (nSPS) is 22.2. The zero-order valence-electron chi connectivity index (χ0n) is 10.1. The van der Waals surface area contributed by atoms with Crippen LogP contribution in [0.4, 0.5) is 0 Å². The fourth-order valence-corrected chi connectivity index (χ4v) is 3.86. The fraction of sp³-hybridized carbons (Fsp3) is 0.700. The molecule has 7 heteroatoms. The minimum atomic E-state index is -3.50. The van der Waals surface area contributed by atoms with E-state index in [0.717, 1.165) is 6.42 Å². The van der Waals surface area contributed by atoms with Crippen molar-refractivity contribution in [3.63, 3.8) is 0 Å². The van der Waals surface area contributed by atoms with E-state index in [9.17, 15) is 8.42 Å². The number of aryl methyl sites for hydroxylation is 2. The molecule has 1 aliphatic heterocycles. The van der Waals surface area contributed by atoms with Crippen molar-refractivity contribution in [1.29, 1.82) is 0 Å². The molecule has 0 amide bonds. The molecule has 1 fully saturated rings. The van der Waals surface area contributed by atoms with Crippen LogP contribution < -0.4 is 0 Å². The second kappa shape index (κ2) is 4.40. The first-order valence-electron chi connectivity index (χ1n) is 5.42. The molecule has 17 heavy (non-hydrogen) atoms. The second-order valence-electron chi connectivity index (χ2n) is 4.16. The molecule has 2 heterocycles. The Bertz CT molecular complexity index is 489. The summed E-state index contributed by atoms with van der Waals surface area (Å²) >= 11 is 0. The van der Waals surface area contributed by atoms with Crippen LogP contribution in [0.25, 0.3) is 0 Å². The average Bonchev–Trinajstić information content (AvgIpc) is 2.85. The third-order valence-electron chi connectivity index (χ3n) is 3.01. The Morgan fingerprint density at radius 2 is 2.18 bits per heavy atom. The van der Waals surface area contributed by atoms with Gasteiger partial charge in [0.1, 0.15) is 10.6 Å². The zero-order chi connectivity index (χ0) is 12.6. The predicted molar refractivity (Wildman–Crippen MR) is 60.1 cm³/mol. The predicted octanol–water partition coefficient (Wildman–Crippen LogP) is 0.701. The summed E-state index contributed by atoms with van der Waals surface area (Å²) in [7, 11) is -1.91. The van der Waals surface area contributed by atoms with Crippen LogP contribution in [0.1, 0.15) is 17.9 Å². The van der Waals surface area contributed by atoms with Gasteiger partial charge in [-0.15, -0.1) is 0 Å². The first kappa shape index (κ1) is 12.5. The number of sulfonamides is 1. The van der Waals surface area contributed by atoms with Crippen molar-refractivity contribution in [1.82, 2.24) is 9.46 Å². The van der Waals surface area contributed by atoms with Gasteiger partial charge in [0.2, 0.25) is 10.0 Å². The Morgan fingerprint density at radius 1 is 1.47 bits per heavy atom. The van der Waals surface area contributed by atoms with Crippen molar-refractivity contribution in [2.45, 2.75) is 31.3 Å². The Labute approximate surface area is 101 Å². The molecular formula is C10H16N2O4S. The van der Waals surface area contributed by atoms with Gasteiger partial charge in [0, 0.05) is 20.2 Å². The van der Waals surface area contributed by atoms with Crippen molar-refractivity contribution < 1.29 is 17.7 Å². The smallest absolute Gasteiger partial charge is 0.248 e. The summed E-state index contributed by atoms with van der Waals surface area (Å²) in [5, 5.41) is 3.68. The molecule has 1 aromatic rings. The van der Waals surface area contributed by atoms with Crippen molar-refractivity contribution in [2.24, 2.45) is 0 Å². The summed E-state index contributed by atoms with van der Waals surface area (Å²) in [4.78, 5) is 0.189. The molecule has 1 aromatic heterocycles. The summed E-state index contributed by atoms with van der Waals surface area (Å²) in [5.74, 6) is 0.336. The highest BCUT2D eigenvalue weighted by Crippen LogP contribution is 2.26. The number of aromatic nitrogens is 1. The molecule has 6 nitrogen and oxygen atoms in total.